The van der Waals surface area contributed by atoms with Gasteiger partial charge in [-0.1, -0.05) is 35.3 Å². The number of aromatic nitrogens is 4. The van der Waals surface area contributed by atoms with Gasteiger partial charge in [0.05, 0.1) is 16.4 Å². The van der Waals surface area contributed by atoms with Crippen LogP contribution in [0.15, 0.2) is 67.1 Å². The van der Waals surface area contributed by atoms with Crippen LogP contribution in [0.2, 0.25) is 10.0 Å². The van der Waals surface area contributed by atoms with Crippen molar-refractivity contribution in [1.29, 1.82) is 0 Å². The van der Waals surface area contributed by atoms with E-state index < -0.39 is 0 Å². The van der Waals surface area contributed by atoms with Crippen molar-refractivity contribution >= 4 is 45.8 Å². The highest BCUT2D eigenvalue weighted by molar-refractivity contribution is 6.37. The van der Waals surface area contributed by atoms with Gasteiger partial charge >= 0.3 is 0 Å². The van der Waals surface area contributed by atoms with E-state index in [0.717, 1.165) is 27.8 Å². The van der Waals surface area contributed by atoms with Crippen molar-refractivity contribution in [2.75, 3.05) is 5.32 Å². The van der Waals surface area contributed by atoms with Gasteiger partial charge in [-0.05, 0) is 55.8 Å². The fraction of sp³-hybridized carbons (Fsp3) is 0.148. The molecular weight excluding hydrogens is 497 g/mol. The van der Waals surface area contributed by atoms with Gasteiger partial charge in [0.15, 0.2) is 0 Å². The molecule has 0 aliphatic carbocycles. The second kappa shape index (κ2) is 9.68. The maximum absolute atomic E-state index is 11.7. The maximum atomic E-state index is 11.7. The molecule has 0 aliphatic rings. The topological polar surface area (TPSA) is 74.0 Å². The van der Waals surface area contributed by atoms with E-state index in [1.54, 1.807) is 12.3 Å². The van der Waals surface area contributed by atoms with Crippen LogP contribution < -0.4 is 10.1 Å². The third-order valence-corrected chi connectivity index (χ3v) is 6.62. The van der Waals surface area contributed by atoms with Crippen molar-refractivity contribution in [1.82, 2.24) is 19.3 Å². The minimum atomic E-state index is -0.167. The lowest BCUT2D eigenvalue weighted by molar-refractivity contribution is -0.114. The number of nitrogens with one attached hydrogen (secondary N) is 1. The maximum Gasteiger partial charge on any atom is 0.222 e. The Labute approximate surface area is 218 Å². The average Bonchev–Trinajstić information content (AvgIpc) is 3.49. The molecule has 3 heterocycles. The molecule has 7 nitrogen and oxygen atoms in total. The van der Waals surface area contributed by atoms with Crippen molar-refractivity contribution in [3.63, 3.8) is 0 Å². The van der Waals surface area contributed by atoms with Gasteiger partial charge in [0.2, 0.25) is 5.91 Å². The molecule has 1 amide bonds. The highest BCUT2D eigenvalue weighted by Crippen LogP contribution is 2.35. The molecule has 0 saturated heterocycles. The molecule has 0 saturated carbocycles. The Balaban J connectivity index is 1.52. The predicted octanol–water partition coefficient (Wildman–Crippen LogP) is 6.67. The zero-order valence-electron chi connectivity index (χ0n) is 19.9. The molecule has 36 heavy (non-hydrogen) atoms. The van der Waals surface area contributed by atoms with Crippen LogP contribution in [0.4, 0.5) is 5.82 Å². The van der Waals surface area contributed by atoms with Gasteiger partial charge in [-0.3, -0.25) is 4.79 Å². The molecule has 2 aromatic carbocycles. The van der Waals surface area contributed by atoms with E-state index in [-0.39, 0.29) is 12.5 Å². The summed E-state index contributed by atoms with van der Waals surface area (Å²) in [7, 11) is 0. The number of ether oxygens (including phenoxy) is 1. The molecule has 0 unspecified atom stereocenters. The predicted molar refractivity (Wildman–Crippen MR) is 143 cm³/mol. The molecule has 0 fully saturated rings. The molecule has 5 aromatic rings. The number of halogens is 2. The van der Waals surface area contributed by atoms with E-state index in [4.69, 9.17) is 32.9 Å². The molecule has 1 N–H and O–H groups in total. The number of nitrogens with zero attached hydrogens (tertiary/aromatic N) is 4. The summed E-state index contributed by atoms with van der Waals surface area (Å²) < 4.78 is 9.89. The van der Waals surface area contributed by atoms with Gasteiger partial charge in [0.25, 0.3) is 0 Å². The van der Waals surface area contributed by atoms with Crippen molar-refractivity contribution < 1.29 is 9.53 Å². The number of fused-ring (bicyclic) bond motifs is 1. The minimum absolute atomic E-state index is 0.132. The summed E-state index contributed by atoms with van der Waals surface area (Å²) in [6, 6.07) is 15.2. The SMILES string of the molecule is CC(=O)Nc1c(C)ccn1-c1ccc(Cl)c(COc2cccc3c(-n4cccn4)cc(C)nc23)c1Cl. The highest BCUT2D eigenvalue weighted by atomic mass is 35.5. The molecule has 0 aliphatic heterocycles. The second-order valence-electron chi connectivity index (χ2n) is 8.43. The Bertz CT molecular complexity index is 1590. The summed E-state index contributed by atoms with van der Waals surface area (Å²) in [6.45, 7) is 5.46. The molecular formula is C27H23Cl2N5O2. The van der Waals surface area contributed by atoms with Crippen LogP contribution in [0, 0.1) is 13.8 Å². The standard InChI is InChI=1S/C27H23Cl2N5O2/c1-16-10-13-33(27(16)32-18(3)35)22-9-8-21(28)20(25(22)29)15-36-24-7-4-6-19-23(34-12-5-11-30-34)14-17(2)31-26(19)24/h4-14H,15H2,1-3H3,(H,32,35). The molecule has 3 aromatic heterocycles. The van der Waals surface area contributed by atoms with Crippen LogP contribution in [0.1, 0.15) is 23.7 Å². The Morgan fingerprint density at radius 2 is 1.89 bits per heavy atom. The number of hydrogen-bond donors (Lipinski definition) is 1. The summed E-state index contributed by atoms with van der Waals surface area (Å²) in [4.78, 5) is 16.5. The smallest absolute Gasteiger partial charge is 0.222 e. The van der Waals surface area contributed by atoms with Gasteiger partial charge in [0, 0.05) is 47.2 Å². The molecule has 182 valence electrons. The number of amides is 1. The highest BCUT2D eigenvalue weighted by Gasteiger charge is 2.18. The zero-order chi connectivity index (χ0) is 25.4. The first kappa shape index (κ1) is 23.9. The second-order valence-corrected chi connectivity index (χ2v) is 9.22. The number of carbonyl (C=O) groups is 1. The lowest BCUT2D eigenvalue weighted by Gasteiger charge is -2.17. The van der Waals surface area contributed by atoms with E-state index in [2.05, 4.69) is 10.4 Å². The largest absolute Gasteiger partial charge is 0.487 e. The van der Waals surface area contributed by atoms with Gasteiger partial charge in [-0.2, -0.15) is 5.10 Å². The fourth-order valence-corrected chi connectivity index (χ4v) is 4.73. The number of hydrogen-bond acceptors (Lipinski definition) is 4. The third kappa shape index (κ3) is 4.43. The quantitative estimate of drug-likeness (QED) is 0.271. The number of rotatable bonds is 6. The first-order chi connectivity index (χ1) is 17.3. The van der Waals surface area contributed by atoms with Gasteiger partial charge in [0.1, 0.15) is 23.7 Å². The lowest BCUT2D eigenvalue weighted by Crippen LogP contribution is -2.11. The van der Waals surface area contributed by atoms with Crippen LogP contribution in [-0.2, 0) is 11.4 Å². The van der Waals surface area contributed by atoms with Crippen molar-refractivity contribution in [2.24, 2.45) is 0 Å². The first-order valence-corrected chi connectivity index (χ1v) is 12.0. The normalized spacial score (nSPS) is 11.1. The van der Waals surface area contributed by atoms with Gasteiger partial charge < -0.3 is 14.6 Å². The van der Waals surface area contributed by atoms with Crippen LogP contribution in [-0.4, -0.2) is 25.2 Å². The summed E-state index contributed by atoms with van der Waals surface area (Å²) in [5.41, 5.74) is 4.71. The Morgan fingerprint density at radius 3 is 2.64 bits per heavy atom. The monoisotopic (exact) mass is 519 g/mol. The average molecular weight is 520 g/mol. The van der Waals surface area contributed by atoms with Gasteiger partial charge in [-0.15, -0.1) is 0 Å². The van der Waals surface area contributed by atoms with Crippen LogP contribution in [0.25, 0.3) is 22.3 Å². The number of pyridine rings is 1. The Hall–Kier alpha value is -3.81. The molecule has 0 atom stereocenters. The van der Waals surface area contributed by atoms with Crippen LogP contribution in [0.5, 0.6) is 5.75 Å². The number of anilines is 1. The zero-order valence-corrected chi connectivity index (χ0v) is 21.4. The molecule has 9 heteroatoms. The number of aryl methyl sites for hydroxylation is 2. The number of benzene rings is 2. The first-order valence-electron chi connectivity index (χ1n) is 11.3. The summed E-state index contributed by atoms with van der Waals surface area (Å²) in [5.74, 6) is 1.09. The Kier molecular flexibility index (Phi) is 6.43. The Morgan fingerprint density at radius 1 is 1.06 bits per heavy atom. The van der Waals surface area contributed by atoms with Crippen molar-refractivity contribution in [3.05, 3.63) is 94.0 Å². The third-order valence-electron chi connectivity index (χ3n) is 5.84. The van der Waals surface area contributed by atoms with Crippen molar-refractivity contribution in [3.8, 4) is 17.1 Å². The summed E-state index contributed by atoms with van der Waals surface area (Å²) >= 11 is 13.4. The molecule has 5 rings (SSSR count). The van der Waals surface area contributed by atoms with E-state index in [1.165, 1.54) is 6.92 Å². The minimum Gasteiger partial charge on any atom is -0.487 e. The summed E-state index contributed by atoms with van der Waals surface area (Å²) in [5, 5.41) is 9.07. The van der Waals surface area contributed by atoms with Gasteiger partial charge in [-0.25, -0.2) is 9.67 Å². The fourth-order valence-electron chi connectivity index (χ4n) is 4.16. The molecule has 0 radical (unpaired) electrons. The molecule has 0 bridgehead atoms. The van der Waals surface area contributed by atoms with E-state index in [0.29, 0.717) is 32.9 Å². The van der Waals surface area contributed by atoms with Crippen LogP contribution in [0.3, 0.4) is 0 Å². The van der Waals surface area contributed by atoms with E-state index in [9.17, 15) is 4.79 Å². The number of carbonyl (C=O) groups excluding carboxylic acids is 1. The van der Waals surface area contributed by atoms with E-state index in [1.807, 2.05) is 78.0 Å². The summed E-state index contributed by atoms with van der Waals surface area (Å²) in [6.07, 6.45) is 5.49. The van der Waals surface area contributed by atoms with Crippen LogP contribution >= 0.6 is 23.2 Å². The van der Waals surface area contributed by atoms with Crippen molar-refractivity contribution in [2.45, 2.75) is 27.4 Å². The van der Waals surface area contributed by atoms with E-state index >= 15 is 0 Å². The molecule has 0 spiro atoms. The number of para-hydroxylation sites is 1. The lowest BCUT2D eigenvalue weighted by atomic mass is 10.1.